The van der Waals surface area contributed by atoms with E-state index in [2.05, 4.69) is 0 Å². The molecule has 0 rings (SSSR count). The second kappa shape index (κ2) is 8.01. The van der Waals surface area contributed by atoms with Crippen molar-refractivity contribution in [3.8, 4) is 0 Å². The Kier molecular flexibility index (Phi) is 9.42. The van der Waals surface area contributed by atoms with Gasteiger partial charge < -0.3 is 10.2 Å². The number of aliphatic hydroxyl groups excluding tert-OH is 1. The number of hydrogen-bond acceptors (Lipinski definition) is 2. The van der Waals surface area contributed by atoms with Crippen LogP contribution in [0.25, 0.3) is 0 Å². The first kappa shape index (κ1) is 11.8. The normalized spacial score (nSPS) is 9.20. The second-order valence-electron chi connectivity index (χ2n) is 2.10. The number of aliphatic carboxylic acids is 1. The minimum Gasteiger partial charge on any atom is -0.516 e. The first-order chi connectivity index (χ1) is 4.50. The van der Waals surface area contributed by atoms with E-state index in [9.17, 15) is 0 Å². The minimum atomic E-state index is -0.833. The van der Waals surface area contributed by atoms with Crippen LogP contribution in [0.15, 0.2) is 12.3 Å². The van der Waals surface area contributed by atoms with Crippen LogP contribution in [0, 0.1) is 5.92 Å². The van der Waals surface area contributed by atoms with Crippen LogP contribution in [0.1, 0.15) is 20.8 Å². The van der Waals surface area contributed by atoms with Crippen molar-refractivity contribution in [1.29, 1.82) is 0 Å². The van der Waals surface area contributed by atoms with Crippen molar-refractivity contribution >= 4 is 5.97 Å². The predicted molar refractivity (Wildman–Crippen MR) is 39.9 cm³/mol. The Morgan fingerprint density at radius 3 is 1.80 bits per heavy atom. The molecule has 0 heterocycles. The Bertz CT molecular complexity index is 101. The summed E-state index contributed by atoms with van der Waals surface area (Å²) >= 11 is 0. The highest BCUT2D eigenvalue weighted by Gasteiger charge is 1.77. The molecule has 0 aromatic heterocycles. The number of carboxylic acids is 1. The molecule has 60 valence electrons. The van der Waals surface area contributed by atoms with Gasteiger partial charge >= 0.3 is 0 Å². The summed E-state index contributed by atoms with van der Waals surface area (Å²) in [7, 11) is 0. The SMILES string of the molecule is CC(=O)O.CC(C)C=CO. The van der Waals surface area contributed by atoms with Crippen molar-refractivity contribution < 1.29 is 15.0 Å². The number of rotatable bonds is 1. The molecule has 2 N–H and O–H groups in total. The first-order valence-corrected chi connectivity index (χ1v) is 3.01. The number of aliphatic hydroxyl groups is 1. The largest absolute Gasteiger partial charge is 0.516 e. The molecule has 0 saturated heterocycles. The summed E-state index contributed by atoms with van der Waals surface area (Å²) in [6.07, 6.45) is 2.80. The Morgan fingerprint density at radius 1 is 1.50 bits per heavy atom. The van der Waals surface area contributed by atoms with Crippen LogP contribution in [0.5, 0.6) is 0 Å². The highest BCUT2D eigenvalue weighted by atomic mass is 16.4. The van der Waals surface area contributed by atoms with Gasteiger partial charge in [-0.05, 0) is 12.0 Å². The van der Waals surface area contributed by atoms with E-state index in [0.29, 0.717) is 5.92 Å². The van der Waals surface area contributed by atoms with Gasteiger partial charge in [-0.1, -0.05) is 13.8 Å². The smallest absolute Gasteiger partial charge is 0.300 e. The Morgan fingerprint density at radius 2 is 1.80 bits per heavy atom. The Labute approximate surface area is 61.0 Å². The maximum Gasteiger partial charge on any atom is 0.300 e. The van der Waals surface area contributed by atoms with E-state index in [1.807, 2.05) is 13.8 Å². The van der Waals surface area contributed by atoms with Crippen molar-refractivity contribution in [1.82, 2.24) is 0 Å². The van der Waals surface area contributed by atoms with Gasteiger partial charge in [0.25, 0.3) is 5.97 Å². The summed E-state index contributed by atoms with van der Waals surface area (Å²) in [5.41, 5.74) is 0. The van der Waals surface area contributed by atoms with Gasteiger partial charge in [-0.3, -0.25) is 4.79 Å². The number of allylic oxidation sites excluding steroid dienone is 1. The van der Waals surface area contributed by atoms with Crippen molar-refractivity contribution in [2.75, 3.05) is 0 Å². The van der Waals surface area contributed by atoms with Crippen LogP contribution in [0.3, 0.4) is 0 Å². The average Bonchev–Trinajstić information content (AvgIpc) is 1.62. The number of hydrogen-bond donors (Lipinski definition) is 2. The molecule has 10 heavy (non-hydrogen) atoms. The summed E-state index contributed by atoms with van der Waals surface area (Å²) in [4.78, 5) is 9.00. The zero-order valence-electron chi connectivity index (χ0n) is 6.53. The molecule has 0 unspecified atom stereocenters. The van der Waals surface area contributed by atoms with Gasteiger partial charge in [-0.25, -0.2) is 0 Å². The van der Waals surface area contributed by atoms with E-state index in [0.717, 1.165) is 13.2 Å². The quantitative estimate of drug-likeness (QED) is 0.554. The predicted octanol–water partition coefficient (Wildman–Crippen LogP) is 1.80. The summed E-state index contributed by atoms with van der Waals surface area (Å²) in [5, 5.41) is 15.5. The zero-order chi connectivity index (χ0) is 8.57. The van der Waals surface area contributed by atoms with E-state index in [1.54, 1.807) is 6.08 Å². The third kappa shape index (κ3) is 62.7. The van der Waals surface area contributed by atoms with E-state index in [1.165, 1.54) is 0 Å². The van der Waals surface area contributed by atoms with Crippen molar-refractivity contribution in [2.24, 2.45) is 5.92 Å². The van der Waals surface area contributed by atoms with Crippen LogP contribution in [0.2, 0.25) is 0 Å². The molecule has 0 radical (unpaired) electrons. The molecule has 0 aliphatic carbocycles. The monoisotopic (exact) mass is 146 g/mol. The molecule has 0 bridgehead atoms. The second-order valence-corrected chi connectivity index (χ2v) is 2.10. The third-order valence-electron chi connectivity index (χ3n) is 0.471. The van der Waals surface area contributed by atoms with E-state index in [-0.39, 0.29) is 0 Å². The van der Waals surface area contributed by atoms with Crippen molar-refractivity contribution in [2.45, 2.75) is 20.8 Å². The summed E-state index contributed by atoms with van der Waals surface area (Å²) < 4.78 is 0. The first-order valence-electron chi connectivity index (χ1n) is 3.01. The summed E-state index contributed by atoms with van der Waals surface area (Å²) in [5.74, 6) is -0.366. The van der Waals surface area contributed by atoms with E-state index < -0.39 is 5.97 Å². The fraction of sp³-hybridized carbons (Fsp3) is 0.571. The van der Waals surface area contributed by atoms with Crippen molar-refractivity contribution in [3.05, 3.63) is 12.3 Å². The molecule has 0 aromatic carbocycles. The standard InChI is InChI=1S/C5H10O.C2H4O2/c1-5(2)3-4-6;1-2(3)4/h3-6H,1-2H3;1H3,(H,3,4). The van der Waals surface area contributed by atoms with Gasteiger partial charge in [-0.2, -0.15) is 0 Å². The summed E-state index contributed by atoms with van der Waals surface area (Å²) in [6, 6.07) is 0. The average molecular weight is 146 g/mol. The van der Waals surface area contributed by atoms with Crippen LogP contribution in [-0.4, -0.2) is 16.2 Å². The number of carboxylic acid groups (broad SMARTS) is 1. The Balaban J connectivity index is 0. The third-order valence-corrected chi connectivity index (χ3v) is 0.471. The molecule has 0 aliphatic heterocycles. The molecule has 0 amide bonds. The van der Waals surface area contributed by atoms with Gasteiger partial charge in [0.15, 0.2) is 0 Å². The fourth-order valence-electron chi connectivity index (χ4n) is 0.172. The lowest BCUT2D eigenvalue weighted by Gasteiger charge is -1.86. The molecule has 3 nitrogen and oxygen atoms in total. The molecule has 0 spiro atoms. The van der Waals surface area contributed by atoms with Crippen LogP contribution < -0.4 is 0 Å². The maximum atomic E-state index is 9.00. The topological polar surface area (TPSA) is 57.5 Å². The molecule has 0 atom stereocenters. The molecular weight excluding hydrogens is 132 g/mol. The van der Waals surface area contributed by atoms with Gasteiger partial charge in [0.1, 0.15) is 0 Å². The maximum absolute atomic E-state index is 9.00. The van der Waals surface area contributed by atoms with Crippen LogP contribution in [0.4, 0.5) is 0 Å². The van der Waals surface area contributed by atoms with Crippen LogP contribution in [-0.2, 0) is 4.79 Å². The van der Waals surface area contributed by atoms with Gasteiger partial charge in [-0.15, -0.1) is 0 Å². The lowest BCUT2D eigenvalue weighted by atomic mass is 10.2. The van der Waals surface area contributed by atoms with Gasteiger partial charge in [0, 0.05) is 6.92 Å². The van der Waals surface area contributed by atoms with Crippen molar-refractivity contribution in [3.63, 3.8) is 0 Å². The highest BCUT2D eigenvalue weighted by molar-refractivity contribution is 5.62. The van der Waals surface area contributed by atoms with E-state index in [4.69, 9.17) is 15.0 Å². The fourth-order valence-corrected chi connectivity index (χ4v) is 0.172. The number of carbonyl (C=O) groups is 1. The van der Waals surface area contributed by atoms with Gasteiger partial charge in [0.2, 0.25) is 0 Å². The summed E-state index contributed by atoms with van der Waals surface area (Å²) in [6.45, 7) is 5.10. The van der Waals surface area contributed by atoms with Gasteiger partial charge in [0.05, 0.1) is 6.26 Å². The lowest BCUT2D eigenvalue weighted by molar-refractivity contribution is -0.134. The zero-order valence-corrected chi connectivity index (χ0v) is 6.53. The van der Waals surface area contributed by atoms with Crippen LogP contribution >= 0.6 is 0 Å². The molecule has 0 fully saturated rings. The lowest BCUT2D eigenvalue weighted by Crippen LogP contribution is -1.78. The van der Waals surface area contributed by atoms with E-state index >= 15 is 0 Å². The molecule has 0 saturated carbocycles. The minimum absolute atomic E-state index is 0.468. The Hall–Kier alpha value is -0.990. The molecule has 3 heteroatoms. The highest BCUT2D eigenvalue weighted by Crippen LogP contribution is 1.89. The molecule has 0 aliphatic rings. The molecule has 0 aromatic rings. The molecular formula is C7H14O3.